The number of sulfonamides is 1. The number of aryl methyl sites for hydroxylation is 2. The van der Waals surface area contributed by atoms with Crippen molar-refractivity contribution >= 4 is 39.1 Å². The van der Waals surface area contributed by atoms with Gasteiger partial charge >= 0.3 is 0 Å². The standard InChI is InChI=1S/C28H40ClN3O4S/c1-7-22(5)30-28(34)25(8-2)31(19-23-14-11-20(3)12-15-23)27(33)10-9-17-32(37(6,35)36)26-18-24(29)16-13-21(26)4/h11-16,18,22,25H,7-10,17,19H2,1-6H3,(H,30,34)/t22-,25-/m1/s1. The van der Waals surface area contributed by atoms with Gasteiger partial charge in [0.15, 0.2) is 0 Å². The average molecular weight is 550 g/mol. The van der Waals surface area contributed by atoms with Gasteiger partial charge in [-0.2, -0.15) is 0 Å². The van der Waals surface area contributed by atoms with E-state index in [1.165, 1.54) is 4.31 Å². The van der Waals surface area contributed by atoms with Crippen LogP contribution in [0.4, 0.5) is 5.69 Å². The number of halogens is 1. The van der Waals surface area contributed by atoms with Crippen molar-refractivity contribution in [3.63, 3.8) is 0 Å². The number of carbonyl (C=O) groups is 2. The summed E-state index contributed by atoms with van der Waals surface area (Å²) in [4.78, 5) is 28.2. The van der Waals surface area contributed by atoms with E-state index < -0.39 is 16.1 Å². The normalized spacial score (nSPS) is 13.1. The van der Waals surface area contributed by atoms with Crippen LogP contribution in [-0.4, -0.2) is 50.0 Å². The Morgan fingerprint density at radius 2 is 1.68 bits per heavy atom. The molecule has 204 valence electrons. The summed E-state index contributed by atoms with van der Waals surface area (Å²) in [5.41, 5.74) is 3.31. The van der Waals surface area contributed by atoms with Crippen molar-refractivity contribution < 1.29 is 18.0 Å². The molecule has 7 nitrogen and oxygen atoms in total. The van der Waals surface area contributed by atoms with E-state index in [0.717, 1.165) is 29.4 Å². The summed E-state index contributed by atoms with van der Waals surface area (Å²) >= 11 is 6.13. The van der Waals surface area contributed by atoms with Gasteiger partial charge in [-0.05, 0) is 63.3 Å². The Labute approximate surface area is 227 Å². The summed E-state index contributed by atoms with van der Waals surface area (Å²) in [6.07, 6.45) is 2.80. The highest BCUT2D eigenvalue weighted by atomic mass is 35.5. The van der Waals surface area contributed by atoms with Crippen molar-refractivity contribution in [2.75, 3.05) is 17.1 Å². The van der Waals surface area contributed by atoms with Crippen LogP contribution in [0.3, 0.4) is 0 Å². The molecule has 1 N–H and O–H groups in total. The van der Waals surface area contributed by atoms with Gasteiger partial charge in [0.05, 0.1) is 11.9 Å². The van der Waals surface area contributed by atoms with E-state index in [1.807, 2.05) is 58.9 Å². The molecule has 0 bridgehead atoms. The molecule has 0 saturated heterocycles. The van der Waals surface area contributed by atoms with Crippen molar-refractivity contribution in [3.8, 4) is 0 Å². The number of anilines is 1. The van der Waals surface area contributed by atoms with Gasteiger partial charge in [-0.1, -0.05) is 61.3 Å². The second-order valence-corrected chi connectivity index (χ2v) is 12.0. The average Bonchev–Trinajstić information content (AvgIpc) is 2.83. The van der Waals surface area contributed by atoms with Crippen molar-refractivity contribution in [1.29, 1.82) is 0 Å². The number of rotatable bonds is 13. The van der Waals surface area contributed by atoms with Gasteiger partial charge in [0.2, 0.25) is 21.8 Å². The van der Waals surface area contributed by atoms with E-state index in [-0.39, 0.29) is 30.8 Å². The Bertz CT molecular complexity index is 1170. The Hall–Kier alpha value is -2.58. The third-order valence-electron chi connectivity index (χ3n) is 6.45. The van der Waals surface area contributed by atoms with Gasteiger partial charge in [0.25, 0.3) is 0 Å². The Morgan fingerprint density at radius 1 is 1.03 bits per heavy atom. The molecule has 0 saturated carbocycles. The minimum Gasteiger partial charge on any atom is -0.352 e. The number of hydrogen-bond acceptors (Lipinski definition) is 4. The lowest BCUT2D eigenvalue weighted by atomic mass is 10.1. The predicted molar refractivity (Wildman–Crippen MR) is 151 cm³/mol. The van der Waals surface area contributed by atoms with Crippen LogP contribution >= 0.6 is 11.6 Å². The van der Waals surface area contributed by atoms with Crippen LogP contribution in [0.5, 0.6) is 0 Å². The molecule has 2 atom stereocenters. The van der Waals surface area contributed by atoms with Gasteiger partial charge in [0.1, 0.15) is 6.04 Å². The molecule has 0 aromatic heterocycles. The molecular weight excluding hydrogens is 510 g/mol. The molecule has 2 rings (SSSR count). The number of amides is 2. The van der Waals surface area contributed by atoms with E-state index in [2.05, 4.69) is 5.32 Å². The number of hydrogen-bond donors (Lipinski definition) is 1. The molecule has 0 heterocycles. The minimum absolute atomic E-state index is 0.00197. The van der Waals surface area contributed by atoms with Gasteiger partial charge in [-0.25, -0.2) is 8.42 Å². The van der Waals surface area contributed by atoms with E-state index in [9.17, 15) is 18.0 Å². The summed E-state index contributed by atoms with van der Waals surface area (Å²) in [6.45, 7) is 10.1. The van der Waals surface area contributed by atoms with Crippen LogP contribution in [0.25, 0.3) is 0 Å². The number of nitrogens with one attached hydrogen (secondary N) is 1. The molecule has 37 heavy (non-hydrogen) atoms. The van der Waals surface area contributed by atoms with Crippen LogP contribution in [0.1, 0.15) is 63.1 Å². The first-order valence-electron chi connectivity index (χ1n) is 12.8. The molecule has 0 unspecified atom stereocenters. The highest BCUT2D eigenvalue weighted by Gasteiger charge is 2.29. The second kappa shape index (κ2) is 13.8. The summed E-state index contributed by atoms with van der Waals surface area (Å²) in [5.74, 6) is -0.368. The fraction of sp³-hybridized carbons (Fsp3) is 0.500. The first kappa shape index (κ1) is 30.6. The van der Waals surface area contributed by atoms with Crippen LogP contribution in [0, 0.1) is 13.8 Å². The van der Waals surface area contributed by atoms with Crippen LogP contribution in [-0.2, 0) is 26.2 Å². The molecule has 0 aliphatic heterocycles. The van der Waals surface area contributed by atoms with Crippen LogP contribution < -0.4 is 9.62 Å². The number of nitrogens with zero attached hydrogens (tertiary/aromatic N) is 2. The molecule has 0 aliphatic carbocycles. The van der Waals surface area contributed by atoms with Crippen molar-refractivity contribution in [3.05, 3.63) is 64.2 Å². The van der Waals surface area contributed by atoms with Gasteiger partial charge in [0, 0.05) is 30.6 Å². The largest absolute Gasteiger partial charge is 0.352 e. The molecule has 0 aliphatic rings. The molecule has 2 aromatic carbocycles. The van der Waals surface area contributed by atoms with Crippen molar-refractivity contribution in [1.82, 2.24) is 10.2 Å². The minimum atomic E-state index is -3.59. The number of carbonyl (C=O) groups excluding carboxylic acids is 2. The highest BCUT2D eigenvalue weighted by molar-refractivity contribution is 7.92. The maximum absolute atomic E-state index is 13.5. The smallest absolute Gasteiger partial charge is 0.243 e. The molecule has 9 heteroatoms. The summed E-state index contributed by atoms with van der Waals surface area (Å²) in [5, 5.41) is 3.44. The zero-order valence-corrected chi connectivity index (χ0v) is 24.3. The van der Waals surface area contributed by atoms with Crippen LogP contribution in [0.15, 0.2) is 42.5 Å². The third kappa shape index (κ3) is 9.04. The highest BCUT2D eigenvalue weighted by Crippen LogP contribution is 2.27. The first-order valence-corrected chi connectivity index (χ1v) is 15.0. The molecule has 0 fully saturated rings. The van der Waals surface area contributed by atoms with E-state index in [0.29, 0.717) is 30.1 Å². The quantitative estimate of drug-likeness (QED) is 0.371. The van der Waals surface area contributed by atoms with Gasteiger partial charge in [-0.3, -0.25) is 13.9 Å². The molecular formula is C28H40ClN3O4S. The Balaban J connectivity index is 2.25. The van der Waals surface area contributed by atoms with E-state index in [1.54, 1.807) is 23.1 Å². The molecule has 2 amide bonds. The first-order chi connectivity index (χ1) is 17.4. The zero-order valence-electron chi connectivity index (χ0n) is 22.8. The Morgan fingerprint density at radius 3 is 2.24 bits per heavy atom. The molecule has 0 spiro atoms. The maximum Gasteiger partial charge on any atom is 0.243 e. The third-order valence-corrected chi connectivity index (χ3v) is 7.87. The van der Waals surface area contributed by atoms with Crippen molar-refractivity contribution in [2.24, 2.45) is 0 Å². The van der Waals surface area contributed by atoms with Crippen LogP contribution in [0.2, 0.25) is 5.02 Å². The van der Waals surface area contributed by atoms with E-state index in [4.69, 9.17) is 11.6 Å². The lowest BCUT2D eigenvalue weighted by Gasteiger charge is -2.32. The van der Waals surface area contributed by atoms with Gasteiger partial charge in [-0.15, -0.1) is 0 Å². The molecule has 0 radical (unpaired) electrons. The lowest BCUT2D eigenvalue weighted by Crippen LogP contribution is -2.50. The fourth-order valence-electron chi connectivity index (χ4n) is 4.08. The lowest BCUT2D eigenvalue weighted by molar-refractivity contribution is -0.141. The molecule has 2 aromatic rings. The predicted octanol–water partition coefficient (Wildman–Crippen LogP) is 5.23. The maximum atomic E-state index is 13.5. The monoisotopic (exact) mass is 549 g/mol. The second-order valence-electron chi connectivity index (χ2n) is 9.62. The summed E-state index contributed by atoms with van der Waals surface area (Å²) in [7, 11) is -3.59. The number of benzene rings is 2. The summed E-state index contributed by atoms with van der Waals surface area (Å²) < 4.78 is 26.5. The SMILES string of the molecule is CC[C@@H](C)NC(=O)[C@@H](CC)N(Cc1ccc(C)cc1)C(=O)CCCN(c1cc(Cl)ccc1C)S(C)(=O)=O. The zero-order chi connectivity index (χ0) is 27.8. The summed E-state index contributed by atoms with van der Waals surface area (Å²) in [6, 6.07) is 12.4. The van der Waals surface area contributed by atoms with E-state index >= 15 is 0 Å². The van der Waals surface area contributed by atoms with Crippen molar-refractivity contribution in [2.45, 2.75) is 78.9 Å². The topological polar surface area (TPSA) is 86.8 Å². The Kier molecular flexibility index (Phi) is 11.4. The fourth-order valence-corrected chi connectivity index (χ4v) is 5.27. The van der Waals surface area contributed by atoms with Gasteiger partial charge < -0.3 is 10.2 Å².